The highest BCUT2D eigenvalue weighted by Crippen LogP contribution is 2.19. The quantitative estimate of drug-likeness (QED) is 0.820. The minimum absolute atomic E-state index is 0.0792. The highest BCUT2D eigenvalue weighted by molar-refractivity contribution is 6.30. The number of hydrogen-bond acceptors (Lipinski definition) is 3. The number of nitrogens with one attached hydrogen (secondary N) is 2. The van der Waals surface area contributed by atoms with Crippen LogP contribution in [0.2, 0.25) is 5.02 Å². The molecule has 1 aromatic rings. The third-order valence-corrected chi connectivity index (χ3v) is 3.57. The van der Waals surface area contributed by atoms with Crippen LogP contribution in [-0.4, -0.2) is 31.1 Å². The first-order chi connectivity index (χ1) is 10.0. The maximum absolute atomic E-state index is 11.8. The fourth-order valence-electron chi connectivity index (χ4n) is 2.20. The van der Waals surface area contributed by atoms with Gasteiger partial charge in [0.15, 0.2) is 0 Å². The van der Waals surface area contributed by atoms with Crippen LogP contribution in [0.1, 0.15) is 24.8 Å². The normalized spacial score (nSPS) is 17.5. The minimum atomic E-state index is -0.342. The molecule has 1 aliphatic heterocycles. The molecule has 1 unspecified atom stereocenters. The molecule has 2 N–H and O–H groups in total. The number of ether oxygens (including phenoxy) is 1. The number of hydrogen-bond donors (Lipinski definition) is 2. The molecule has 2 rings (SSSR count). The molecular formula is C15H19ClN2O3. The Kier molecular flexibility index (Phi) is 5.59. The maximum Gasteiger partial charge on any atom is 0.233 e. The van der Waals surface area contributed by atoms with Gasteiger partial charge in [-0.2, -0.15) is 0 Å². The summed E-state index contributed by atoms with van der Waals surface area (Å²) in [5, 5.41) is 6.04. The molecule has 1 saturated heterocycles. The van der Waals surface area contributed by atoms with Crippen molar-refractivity contribution in [1.29, 1.82) is 0 Å². The molecule has 0 aromatic heterocycles. The van der Waals surface area contributed by atoms with E-state index in [1.807, 2.05) is 6.92 Å². The molecule has 0 bridgehead atoms. The third kappa shape index (κ3) is 5.02. The van der Waals surface area contributed by atoms with Crippen molar-refractivity contribution in [3.05, 3.63) is 28.8 Å². The van der Waals surface area contributed by atoms with E-state index in [0.717, 1.165) is 25.0 Å². The van der Waals surface area contributed by atoms with Crippen LogP contribution in [-0.2, 0) is 14.3 Å². The van der Waals surface area contributed by atoms with Gasteiger partial charge < -0.3 is 15.4 Å². The van der Waals surface area contributed by atoms with Crippen LogP contribution < -0.4 is 10.6 Å². The second-order valence-corrected chi connectivity index (χ2v) is 5.56. The molecule has 5 nitrogen and oxygen atoms in total. The van der Waals surface area contributed by atoms with Crippen molar-refractivity contribution in [2.75, 3.05) is 18.5 Å². The largest absolute Gasteiger partial charge is 0.376 e. The van der Waals surface area contributed by atoms with Crippen LogP contribution in [0.25, 0.3) is 0 Å². The number of rotatable bonds is 5. The van der Waals surface area contributed by atoms with Gasteiger partial charge in [-0.25, -0.2) is 0 Å². The summed E-state index contributed by atoms with van der Waals surface area (Å²) in [4.78, 5) is 23.5. The smallest absolute Gasteiger partial charge is 0.233 e. The number of halogens is 1. The van der Waals surface area contributed by atoms with E-state index in [-0.39, 0.29) is 24.3 Å². The number of carbonyl (C=O) groups excluding carboxylic acids is 2. The van der Waals surface area contributed by atoms with Gasteiger partial charge in [0.1, 0.15) is 6.42 Å². The maximum atomic E-state index is 11.8. The fourth-order valence-corrected chi connectivity index (χ4v) is 2.43. The molecular weight excluding hydrogens is 292 g/mol. The number of benzene rings is 1. The summed E-state index contributed by atoms with van der Waals surface area (Å²) in [6.07, 6.45) is 1.86. The summed E-state index contributed by atoms with van der Waals surface area (Å²) in [5.74, 6) is -0.639. The van der Waals surface area contributed by atoms with E-state index < -0.39 is 0 Å². The van der Waals surface area contributed by atoms with E-state index in [2.05, 4.69) is 10.6 Å². The van der Waals surface area contributed by atoms with Crippen molar-refractivity contribution < 1.29 is 14.3 Å². The molecule has 1 aliphatic rings. The summed E-state index contributed by atoms with van der Waals surface area (Å²) in [6, 6.07) is 5.18. The van der Waals surface area contributed by atoms with E-state index in [0.29, 0.717) is 17.3 Å². The zero-order valence-corrected chi connectivity index (χ0v) is 12.7. The number of amides is 2. The van der Waals surface area contributed by atoms with Gasteiger partial charge >= 0.3 is 0 Å². The Hall–Kier alpha value is -1.59. The van der Waals surface area contributed by atoms with Crippen LogP contribution in [0.15, 0.2) is 18.2 Å². The first kappa shape index (κ1) is 15.8. The summed E-state index contributed by atoms with van der Waals surface area (Å²) < 4.78 is 5.40. The lowest BCUT2D eigenvalue weighted by molar-refractivity contribution is -0.127. The minimum Gasteiger partial charge on any atom is -0.376 e. The van der Waals surface area contributed by atoms with Crippen molar-refractivity contribution in [3.8, 4) is 0 Å². The Morgan fingerprint density at radius 2 is 2.19 bits per heavy atom. The van der Waals surface area contributed by atoms with E-state index >= 15 is 0 Å². The zero-order valence-electron chi connectivity index (χ0n) is 11.9. The first-order valence-corrected chi connectivity index (χ1v) is 7.36. The van der Waals surface area contributed by atoms with Gasteiger partial charge in [0.25, 0.3) is 0 Å². The number of aryl methyl sites for hydroxylation is 1. The van der Waals surface area contributed by atoms with Gasteiger partial charge in [-0.05, 0) is 43.5 Å². The van der Waals surface area contributed by atoms with Crippen LogP contribution in [0, 0.1) is 6.92 Å². The second-order valence-electron chi connectivity index (χ2n) is 5.12. The topological polar surface area (TPSA) is 67.4 Å². The highest BCUT2D eigenvalue weighted by Gasteiger charge is 2.17. The van der Waals surface area contributed by atoms with E-state index in [4.69, 9.17) is 16.3 Å². The third-order valence-electron chi connectivity index (χ3n) is 3.33. The average molecular weight is 311 g/mol. The second kappa shape index (κ2) is 7.43. The molecule has 2 amide bonds. The Balaban J connectivity index is 1.76. The molecule has 0 radical (unpaired) electrons. The molecule has 1 heterocycles. The summed E-state index contributed by atoms with van der Waals surface area (Å²) in [5.41, 5.74) is 1.52. The van der Waals surface area contributed by atoms with Crippen molar-refractivity contribution in [2.45, 2.75) is 32.3 Å². The lowest BCUT2D eigenvalue weighted by Crippen LogP contribution is -2.34. The summed E-state index contributed by atoms with van der Waals surface area (Å²) in [7, 11) is 0. The Morgan fingerprint density at radius 3 is 2.86 bits per heavy atom. The van der Waals surface area contributed by atoms with Crippen LogP contribution in [0.4, 0.5) is 5.69 Å². The standard InChI is InChI=1S/C15H19ClN2O3/c1-10-7-11(16)4-5-13(10)18-15(20)8-14(19)17-9-12-3-2-6-21-12/h4-5,7,12H,2-3,6,8-9H2,1H3,(H,17,19)(H,18,20). The molecule has 21 heavy (non-hydrogen) atoms. The summed E-state index contributed by atoms with van der Waals surface area (Å²) >= 11 is 5.85. The average Bonchev–Trinajstić information content (AvgIpc) is 2.93. The Labute approximate surface area is 129 Å². The lowest BCUT2D eigenvalue weighted by Gasteiger charge is -2.11. The van der Waals surface area contributed by atoms with Crippen LogP contribution in [0.3, 0.4) is 0 Å². The number of carbonyl (C=O) groups is 2. The first-order valence-electron chi connectivity index (χ1n) is 6.99. The molecule has 0 aliphatic carbocycles. The zero-order chi connectivity index (χ0) is 15.2. The molecule has 1 aromatic carbocycles. The van der Waals surface area contributed by atoms with Gasteiger partial charge in [-0.1, -0.05) is 11.6 Å². The SMILES string of the molecule is Cc1cc(Cl)ccc1NC(=O)CC(=O)NCC1CCCO1. The molecule has 0 saturated carbocycles. The predicted octanol–water partition coefficient (Wildman–Crippen LogP) is 2.27. The van der Waals surface area contributed by atoms with Crippen LogP contribution >= 0.6 is 11.6 Å². The Morgan fingerprint density at radius 1 is 1.38 bits per heavy atom. The van der Waals surface area contributed by atoms with Crippen LogP contribution in [0.5, 0.6) is 0 Å². The van der Waals surface area contributed by atoms with Gasteiger partial charge in [0.05, 0.1) is 6.10 Å². The van der Waals surface area contributed by atoms with E-state index in [9.17, 15) is 9.59 Å². The van der Waals surface area contributed by atoms with Gasteiger partial charge in [-0.15, -0.1) is 0 Å². The van der Waals surface area contributed by atoms with Gasteiger partial charge in [-0.3, -0.25) is 9.59 Å². The van der Waals surface area contributed by atoms with Crippen molar-refractivity contribution >= 4 is 29.1 Å². The fraction of sp³-hybridized carbons (Fsp3) is 0.467. The number of anilines is 1. The van der Waals surface area contributed by atoms with Crippen molar-refractivity contribution in [1.82, 2.24) is 5.32 Å². The highest BCUT2D eigenvalue weighted by atomic mass is 35.5. The summed E-state index contributed by atoms with van der Waals surface area (Å²) in [6.45, 7) is 3.06. The van der Waals surface area contributed by atoms with Crippen molar-refractivity contribution in [2.24, 2.45) is 0 Å². The lowest BCUT2D eigenvalue weighted by atomic mass is 10.2. The van der Waals surface area contributed by atoms with E-state index in [1.54, 1.807) is 18.2 Å². The predicted molar refractivity (Wildman–Crippen MR) is 81.4 cm³/mol. The molecule has 1 fully saturated rings. The van der Waals surface area contributed by atoms with Crippen molar-refractivity contribution in [3.63, 3.8) is 0 Å². The molecule has 0 spiro atoms. The monoisotopic (exact) mass is 310 g/mol. The molecule has 114 valence electrons. The van der Waals surface area contributed by atoms with Gasteiger partial charge in [0.2, 0.25) is 11.8 Å². The van der Waals surface area contributed by atoms with E-state index in [1.165, 1.54) is 0 Å². The van der Waals surface area contributed by atoms with Gasteiger partial charge in [0, 0.05) is 23.9 Å². The Bertz CT molecular complexity index is 528. The molecule has 6 heteroatoms. The molecule has 1 atom stereocenters.